The van der Waals surface area contributed by atoms with Gasteiger partial charge in [-0.3, -0.25) is 23.5 Å². The molecule has 4 rings (SSSR count). The summed E-state index contributed by atoms with van der Waals surface area (Å²) in [6.45, 7) is 2.64. The lowest BCUT2D eigenvalue weighted by Crippen LogP contribution is -2.32. The van der Waals surface area contributed by atoms with Crippen molar-refractivity contribution >= 4 is 40.0 Å². The first kappa shape index (κ1) is 22.6. The van der Waals surface area contributed by atoms with Crippen molar-refractivity contribution in [2.24, 2.45) is 0 Å². The number of carbonyl (C=O) groups is 1. The van der Waals surface area contributed by atoms with Crippen LogP contribution in [0.2, 0.25) is 0 Å². The molecule has 2 aromatic heterocycles. The van der Waals surface area contributed by atoms with E-state index in [1.54, 1.807) is 22.8 Å². The molecule has 0 saturated heterocycles. The normalized spacial score (nSPS) is 11.0. The van der Waals surface area contributed by atoms with Crippen molar-refractivity contribution in [3.63, 3.8) is 0 Å². The van der Waals surface area contributed by atoms with Crippen LogP contribution in [0.4, 0.5) is 5.69 Å². The van der Waals surface area contributed by atoms with E-state index >= 15 is 0 Å². The smallest absolute Gasteiger partial charge is 0.262 e. The van der Waals surface area contributed by atoms with E-state index in [-0.39, 0.29) is 23.8 Å². The van der Waals surface area contributed by atoms with Crippen LogP contribution in [-0.2, 0) is 11.3 Å². The fourth-order valence-electron chi connectivity index (χ4n) is 3.75. The topological polar surface area (TPSA) is 96.3 Å². The van der Waals surface area contributed by atoms with Gasteiger partial charge in [-0.1, -0.05) is 61.9 Å². The van der Waals surface area contributed by atoms with Gasteiger partial charge in [0.15, 0.2) is 5.16 Å². The number of nitrogens with zero attached hydrogens (tertiary/aromatic N) is 6. The predicted octanol–water partition coefficient (Wildman–Crippen LogP) is 3.88. The van der Waals surface area contributed by atoms with Crippen LogP contribution >= 0.6 is 11.8 Å². The average molecular weight is 461 g/mol. The molecule has 0 atom stereocenters. The number of hydrogen-bond acceptors (Lipinski definition) is 6. The number of unbranched alkanes of at least 4 members (excludes halogenated alkanes) is 2. The Hall–Kier alpha value is -3.64. The molecule has 4 aromatic rings. The maximum absolute atomic E-state index is 13.1. The zero-order valence-corrected chi connectivity index (χ0v) is 19.2. The maximum Gasteiger partial charge on any atom is 0.262 e. The molecule has 33 heavy (non-hydrogen) atoms. The predicted molar refractivity (Wildman–Crippen MR) is 129 cm³/mol. The molecule has 9 heteroatoms. The van der Waals surface area contributed by atoms with Crippen molar-refractivity contribution in [1.29, 1.82) is 5.26 Å². The molecule has 0 saturated carbocycles. The van der Waals surface area contributed by atoms with Crippen LogP contribution in [0.1, 0.15) is 26.2 Å². The number of hydrogen-bond donors (Lipinski definition) is 0. The van der Waals surface area contributed by atoms with Crippen LogP contribution in [-0.4, -0.2) is 37.4 Å². The molecule has 8 nitrogen and oxygen atoms in total. The van der Waals surface area contributed by atoms with Gasteiger partial charge in [0, 0.05) is 12.2 Å². The summed E-state index contributed by atoms with van der Waals surface area (Å²) in [4.78, 5) is 27.5. The standard InChI is InChI=1S/C24H24N6O2S/c1-2-3-9-15-29-22(32)19-12-7-8-13-20(19)30-23(29)26-27-24(30)33-17-21(31)28(16-14-25)18-10-5-4-6-11-18/h4-8,10-13H,2-3,9,15-17H2,1H3. The molecule has 0 radical (unpaired) electrons. The van der Waals surface area contributed by atoms with Crippen molar-refractivity contribution in [3.8, 4) is 6.07 Å². The lowest BCUT2D eigenvalue weighted by molar-refractivity contribution is -0.116. The monoisotopic (exact) mass is 460 g/mol. The highest BCUT2D eigenvalue weighted by molar-refractivity contribution is 7.99. The second-order valence-corrected chi connectivity index (χ2v) is 8.50. The average Bonchev–Trinajstić information content (AvgIpc) is 3.27. The minimum atomic E-state index is -0.204. The quantitative estimate of drug-likeness (QED) is 0.214. The van der Waals surface area contributed by atoms with E-state index in [0.29, 0.717) is 34.1 Å². The van der Waals surface area contributed by atoms with Gasteiger partial charge in [0.05, 0.1) is 22.7 Å². The van der Waals surface area contributed by atoms with Gasteiger partial charge < -0.3 is 0 Å². The number of nitriles is 1. The second kappa shape index (κ2) is 10.3. The van der Waals surface area contributed by atoms with E-state index in [4.69, 9.17) is 0 Å². The van der Waals surface area contributed by atoms with Gasteiger partial charge >= 0.3 is 0 Å². The molecule has 0 aliphatic rings. The van der Waals surface area contributed by atoms with Crippen LogP contribution in [0.25, 0.3) is 16.7 Å². The third-order valence-corrected chi connectivity index (χ3v) is 6.30. The van der Waals surface area contributed by atoms with Gasteiger partial charge in [-0.2, -0.15) is 5.26 Å². The number of amides is 1. The van der Waals surface area contributed by atoms with E-state index in [2.05, 4.69) is 23.2 Å². The molecule has 168 valence electrons. The first-order chi connectivity index (χ1) is 16.2. The minimum Gasteiger partial charge on any atom is -0.298 e. The highest BCUT2D eigenvalue weighted by atomic mass is 32.2. The van der Waals surface area contributed by atoms with Crippen LogP contribution < -0.4 is 10.5 Å². The molecule has 0 N–H and O–H groups in total. The molecule has 1 amide bonds. The summed E-state index contributed by atoms with van der Waals surface area (Å²) in [7, 11) is 0. The Labute approximate surface area is 195 Å². The van der Waals surface area contributed by atoms with Crippen molar-refractivity contribution < 1.29 is 4.79 Å². The van der Waals surface area contributed by atoms with Gasteiger partial charge in [-0.05, 0) is 30.7 Å². The van der Waals surface area contributed by atoms with Crippen molar-refractivity contribution in [2.45, 2.75) is 37.9 Å². The minimum absolute atomic E-state index is 0.0378. The Morgan fingerprint density at radius 3 is 2.61 bits per heavy atom. The molecule has 2 heterocycles. The Morgan fingerprint density at radius 1 is 1.09 bits per heavy atom. The zero-order valence-electron chi connectivity index (χ0n) is 18.3. The van der Waals surface area contributed by atoms with E-state index in [1.807, 2.05) is 40.8 Å². The SMILES string of the molecule is CCCCCn1c(=O)c2ccccc2n2c(SCC(=O)N(CC#N)c3ccccc3)nnc12. The zero-order chi connectivity index (χ0) is 23.2. The molecule has 0 unspecified atom stereocenters. The highest BCUT2D eigenvalue weighted by Crippen LogP contribution is 2.23. The van der Waals surface area contributed by atoms with Crippen LogP contribution in [0.15, 0.2) is 64.5 Å². The molecule has 0 spiro atoms. The Bertz CT molecular complexity index is 1370. The molecule has 0 fully saturated rings. The van der Waals surface area contributed by atoms with Crippen LogP contribution in [0.3, 0.4) is 0 Å². The summed E-state index contributed by atoms with van der Waals surface area (Å²) in [5.41, 5.74) is 1.30. The van der Waals surface area contributed by atoms with Gasteiger partial charge in [0.1, 0.15) is 6.54 Å². The summed E-state index contributed by atoms with van der Waals surface area (Å²) in [5.74, 6) is 0.354. The number of fused-ring (bicyclic) bond motifs is 3. The number of aromatic nitrogens is 4. The van der Waals surface area contributed by atoms with Crippen LogP contribution in [0.5, 0.6) is 0 Å². The van der Waals surface area contributed by atoms with Gasteiger partial charge in [-0.15, -0.1) is 10.2 Å². The fourth-order valence-corrected chi connectivity index (χ4v) is 4.57. The van der Waals surface area contributed by atoms with E-state index in [0.717, 1.165) is 19.3 Å². The summed E-state index contributed by atoms with van der Waals surface area (Å²) in [6, 6.07) is 18.6. The largest absolute Gasteiger partial charge is 0.298 e. The fraction of sp³-hybridized carbons (Fsp3) is 0.292. The van der Waals surface area contributed by atoms with E-state index in [1.165, 1.54) is 16.7 Å². The summed E-state index contributed by atoms with van der Waals surface area (Å²) in [6.07, 6.45) is 2.94. The van der Waals surface area contributed by atoms with Crippen molar-refractivity contribution in [2.75, 3.05) is 17.2 Å². The molecular weight excluding hydrogens is 436 g/mol. The second-order valence-electron chi connectivity index (χ2n) is 7.56. The first-order valence-electron chi connectivity index (χ1n) is 10.9. The number of anilines is 1. The third kappa shape index (κ3) is 4.61. The molecule has 0 aliphatic carbocycles. The number of thioether (sulfide) groups is 1. The summed E-state index contributed by atoms with van der Waals surface area (Å²) in [5, 5.41) is 18.9. The Kier molecular flexibility index (Phi) is 7.05. The Morgan fingerprint density at radius 2 is 1.85 bits per heavy atom. The van der Waals surface area contributed by atoms with Crippen molar-refractivity contribution in [1.82, 2.24) is 19.2 Å². The molecule has 2 aromatic carbocycles. The van der Waals surface area contributed by atoms with Gasteiger partial charge in [0.2, 0.25) is 11.7 Å². The molecular formula is C24H24N6O2S. The third-order valence-electron chi connectivity index (χ3n) is 5.39. The number of rotatable bonds is 9. The first-order valence-corrected chi connectivity index (χ1v) is 11.9. The van der Waals surface area contributed by atoms with Gasteiger partial charge in [0.25, 0.3) is 5.56 Å². The summed E-state index contributed by atoms with van der Waals surface area (Å²) < 4.78 is 3.51. The number of benzene rings is 2. The number of aryl methyl sites for hydroxylation is 1. The molecule has 0 bridgehead atoms. The Balaban J connectivity index is 1.68. The van der Waals surface area contributed by atoms with E-state index in [9.17, 15) is 14.9 Å². The lowest BCUT2D eigenvalue weighted by atomic mass is 10.2. The number of para-hydroxylation sites is 2. The molecule has 0 aliphatic heterocycles. The summed E-state index contributed by atoms with van der Waals surface area (Å²) >= 11 is 1.24. The lowest BCUT2D eigenvalue weighted by Gasteiger charge is -2.19. The van der Waals surface area contributed by atoms with Crippen LogP contribution in [0, 0.1) is 11.3 Å². The number of carbonyl (C=O) groups excluding carboxylic acids is 1. The van der Waals surface area contributed by atoms with Gasteiger partial charge in [-0.25, -0.2) is 0 Å². The van der Waals surface area contributed by atoms with Crippen molar-refractivity contribution in [3.05, 3.63) is 65.0 Å². The highest BCUT2D eigenvalue weighted by Gasteiger charge is 2.20. The maximum atomic E-state index is 13.1. The van der Waals surface area contributed by atoms with E-state index < -0.39 is 0 Å².